The molecule has 0 unspecified atom stereocenters. The molecule has 27 heavy (non-hydrogen) atoms. The minimum Gasteiger partial charge on any atom is -0.478 e. The number of carboxylic acids is 1. The molecular weight excluding hydrogens is 344 g/mol. The van der Waals surface area contributed by atoms with Crippen molar-refractivity contribution in [3.05, 3.63) is 89.7 Å². The van der Waals surface area contributed by atoms with Crippen molar-refractivity contribution in [2.45, 2.75) is 18.6 Å². The van der Waals surface area contributed by atoms with Crippen molar-refractivity contribution in [3.63, 3.8) is 0 Å². The molecular formula is C21H20N2O4. The van der Waals surface area contributed by atoms with E-state index in [4.69, 9.17) is 9.47 Å². The van der Waals surface area contributed by atoms with E-state index < -0.39 is 17.7 Å². The van der Waals surface area contributed by atoms with Crippen molar-refractivity contribution in [3.8, 4) is 6.01 Å². The van der Waals surface area contributed by atoms with Crippen molar-refractivity contribution in [1.29, 1.82) is 0 Å². The minimum atomic E-state index is -1.41. The predicted octanol–water partition coefficient (Wildman–Crippen LogP) is 3.21. The van der Waals surface area contributed by atoms with Crippen LogP contribution in [0.2, 0.25) is 0 Å². The fourth-order valence-electron chi connectivity index (χ4n) is 3.08. The Morgan fingerprint density at radius 3 is 2.00 bits per heavy atom. The molecule has 0 saturated heterocycles. The largest absolute Gasteiger partial charge is 0.478 e. The molecule has 3 rings (SSSR count). The van der Waals surface area contributed by atoms with Gasteiger partial charge in [0.05, 0.1) is 0 Å². The van der Waals surface area contributed by atoms with Gasteiger partial charge in [0.15, 0.2) is 5.60 Å². The topological polar surface area (TPSA) is 81.5 Å². The number of rotatable bonds is 7. The molecule has 3 aromatic rings. The van der Waals surface area contributed by atoms with Crippen molar-refractivity contribution in [2.75, 3.05) is 7.11 Å². The summed E-state index contributed by atoms with van der Waals surface area (Å²) in [5.74, 6) is -1.19. The lowest BCUT2D eigenvalue weighted by Crippen LogP contribution is -2.50. The predicted molar refractivity (Wildman–Crippen MR) is 99.5 cm³/mol. The molecule has 0 aliphatic heterocycles. The second-order valence-electron chi connectivity index (χ2n) is 5.99. The van der Waals surface area contributed by atoms with Crippen LogP contribution in [0.4, 0.5) is 0 Å². The number of hydrogen-bond donors (Lipinski definition) is 1. The Balaban J connectivity index is 2.18. The van der Waals surface area contributed by atoms with E-state index in [1.54, 1.807) is 13.0 Å². The number of nitrogens with zero attached hydrogens (tertiary/aromatic N) is 2. The summed E-state index contributed by atoms with van der Waals surface area (Å²) in [6.07, 6.45) is 0.116. The van der Waals surface area contributed by atoms with Crippen molar-refractivity contribution in [2.24, 2.45) is 0 Å². The molecule has 2 aromatic carbocycles. The number of carboxylic acid groups (broad SMARTS) is 1. The van der Waals surface area contributed by atoms with Gasteiger partial charge in [0.1, 0.15) is 0 Å². The average molecular weight is 364 g/mol. The van der Waals surface area contributed by atoms with Gasteiger partial charge in [-0.25, -0.2) is 14.8 Å². The van der Waals surface area contributed by atoms with Gasteiger partial charge in [0, 0.05) is 19.0 Å². The molecule has 0 radical (unpaired) electrons. The number of aryl methyl sites for hydroxylation is 1. The Hall–Kier alpha value is -3.25. The van der Waals surface area contributed by atoms with E-state index in [1.807, 2.05) is 60.7 Å². The molecule has 138 valence electrons. The van der Waals surface area contributed by atoms with Crippen LogP contribution in [0.25, 0.3) is 0 Å². The zero-order valence-corrected chi connectivity index (χ0v) is 15.1. The standard InChI is InChI=1S/C21H20N2O4/c1-15-13-14-22-20(23-15)27-18(19(24)25)21(26-2,16-9-5-3-6-10-16)17-11-7-4-8-12-17/h3-14,18H,1-2H3,(H,24,25)/t18-/m0/s1. The van der Waals surface area contributed by atoms with Gasteiger partial charge >= 0.3 is 12.0 Å². The van der Waals surface area contributed by atoms with Gasteiger partial charge < -0.3 is 14.6 Å². The van der Waals surface area contributed by atoms with Crippen LogP contribution < -0.4 is 4.74 Å². The average Bonchev–Trinajstić information content (AvgIpc) is 2.70. The van der Waals surface area contributed by atoms with Crippen molar-refractivity contribution >= 4 is 5.97 Å². The molecule has 6 nitrogen and oxygen atoms in total. The summed E-state index contributed by atoms with van der Waals surface area (Å²) in [6.45, 7) is 1.78. The smallest absolute Gasteiger partial charge is 0.348 e. The summed E-state index contributed by atoms with van der Waals surface area (Å²) in [6, 6.07) is 20.0. The zero-order valence-electron chi connectivity index (χ0n) is 15.1. The third kappa shape index (κ3) is 3.66. The van der Waals surface area contributed by atoms with Crippen LogP contribution in [0, 0.1) is 6.92 Å². The summed E-state index contributed by atoms with van der Waals surface area (Å²) < 4.78 is 11.6. The van der Waals surface area contributed by atoms with E-state index >= 15 is 0 Å². The quantitative estimate of drug-likeness (QED) is 0.693. The summed E-state index contributed by atoms with van der Waals surface area (Å²) in [5.41, 5.74) is 0.589. The Morgan fingerprint density at radius 1 is 1.00 bits per heavy atom. The number of benzene rings is 2. The number of aliphatic carboxylic acids is 1. The van der Waals surface area contributed by atoms with Gasteiger partial charge in [-0.1, -0.05) is 60.7 Å². The van der Waals surface area contributed by atoms with Crippen LogP contribution in [-0.4, -0.2) is 34.3 Å². The molecule has 0 amide bonds. The Morgan fingerprint density at radius 2 is 1.56 bits per heavy atom. The fraction of sp³-hybridized carbons (Fsp3) is 0.190. The lowest BCUT2D eigenvalue weighted by Gasteiger charge is -2.37. The molecule has 0 aliphatic rings. The maximum Gasteiger partial charge on any atom is 0.348 e. The number of hydrogen-bond acceptors (Lipinski definition) is 5. The van der Waals surface area contributed by atoms with Crippen LogP contribution in [0.5, 0.6) is 6.01 Å². The lowest BCUT2D eigenvalue weighted by atomic mass is 9.81. The van der Waals surface area contributed by atoms with Crippen LogP contribution in [0.15, 0.2) is 72.9 Å². The number of methoxy groups -OCH3 is 1. The highest BCUT2D eigenvalue weighted by atomic mass is 16.6. The molecule has 0 fully saturated rings. The number of carbonyl (C=O) groups is 1. The molecule has 0 spiro atoms. The maximum atomic E-state index is 12.3. The van der Waals surface area contributed by atoms with Crippen molar-refractivity contribution in [1.82, 2.24) is 9.97 Å². The molecule has 1 aromatic heterocycles. The highest BCUT2D eigenvalue weighted by molar-refractivity contribution is 5.76. The third-order valence-corrected chi connectivity index (χ3v) is 4.32. The summed E-state index contributed by atoms with van der Waals surface area (Å²) in [7, 11) is 1.47. The van der Waals surface area contributed by atoms with Gasteiger partial charge in [0.2, 0.25) is 6.10 Å². The van der Waals surface area contributed by atoms with E-state index in [2.05, 4.69) is 9.97 Å². The highest BCUT2D eigenvalue weighted by Crippen LogP contribution is 2.38. The highest BCUT2D eigenvalue weighted by Gasteiger charge is 2.49. The monoisotopic (exact) mass is 364 g/mol. The zero-order chi connectivity index (χ0) is 19.3. The fourth-order valence-corrected chi connectivity index (χ4v) is 3.08. The lowest BCUT2D eigenvalue weighted by molar-refractivity contribution is -0.160. The van der Waals surface area contributed by atoms with Crippen molar-refractivity contribution < 1.29 is 19.4 Å². The minimum absolute atomic E-state index is 0.0179. The van der Waals surface area contributed by atoms with E-state index in [0.717, 1.165) is 0 Å². The first-order chi connectivity index (χ1) is 13.1. The molecule has 1 heterocycles. The summed E-state index contributed by atoms with van der Waals surface area (Å²) in [4.78, 5) is 20.5. The first-order valence-corrected chi connectivity index (χ1v) is 8.43. The third-order valence-electron chi connectivity index (χ3n) is 4.32. The second kappa shape index (κ2) is 7.97. The summed E-state index contributed by atoms with van der Waals surface area (Å²) in [5, 5.41) is 10.0. The molecule has 6 heteroatoms. The van der Waals surface area contributed by atoms with Gasteiger partial charge in [0.25, 0.3) is 0 Å². The first kappa shape index (κ1) is 18.5. The Labute approximate surface area is 157 Å². The van der Waals surface area contributed by atoms with Gasteiger partial charge in [-0.2, -0.15) is 0 Å². The van der Waals surface area contributed by atoms with Gasteiger partial charge in [-0.15, -0.1) is 0 Å². The first-order valence-electron chi connectivity index (χ1n) is 8.43. The van der Waals surface area contributed by atoms with E-state index in [1.165, 1.54) is 13.3 Å². The number of ether oxygens (including phenoxy) is 2. The maximum absolute atomic E-state index is 12.3. The van der Waals surface area contributed by atoms with Crippen LogP contribution in [0.1, 0.15) is 16.8 Å². The Kier molecular flexibility index (Phi) is 5.47. The molecule has 0 saturated carbocycles. The van der Waals surface area contributed by atoms with Crippen LogP contribution in [-0.2, 0) is 15.1 Å². The van der Waals surface area contributed by atoms with Gasteiger partial charge in [-0.3, -0.25) is 0 Å². The molecule has 1 atom stereocenters. The van der Waals surface area contributed by atoms with E-state index in [-0.39, 0.29) is 6.01 Å². The van der Waals surface area contributed by atoms with Crippen LogP contribution in [0.3, 0.4) is 0 Å². The molecule has 0 bridgehead atoms. The molecule has 1 N–H and O–H groups in total. The van der Waals surface area contributed by atoms with Crippen LogP contribution >= 0.6 is 0 Å². The summed E-state index contributed by atoms with van der Waals surface area (Å²) >= 11 is 0. The van der Waals surface area contributed by atoms with Gasteiger partial charge in [-0.05, 0) is 24.1 Å². The van der Waals surface area contributed by atoms with E-state index in [9.17, 15) is 9.90 Å². The number of aromatic nitrogens is 2. The van der Waals surface area contributed by atoms with E-state index in [0.29, 0.717) is 16.8 Å². The Bertz CT molecular complexity index is 861. The SMILES string of the molecule is COC(c1ccccc1)(c1ccccc1)[C@@H](Oc1nccc(C)n1)C(=O)O. The second-order valence-corrected chi connectivity index (χ2v) is 5.99. The molecule has 0 aliphatic carbocycles. The normalized spacial score (nSPS) is 12.4.